The number of hydrogen-bond donors (Lipinski definition) is 2. The molecule has 0 aromatic heterocycles. The molecule has 9 heteroatoms. The molecule has 6 nitrogen and oxygen atoms in total. The summed E-state index contributed by atoms with van der Waals surface area (Å²) in [5.74, 6) is 0. The van der Waals surface area contributed by atoms with E-state index < -0.39 is 0 Å². The molecule has 18 heavy (non-hydrogen) atoms. The molecular weight excluding hydrogens is 320 g/mol. The molecule has 0 unspecified atom stereocenters. The van der Waals surface area contributed by atoms with Crippen molar-refractivity contribution in [3.63, 3.8) is 0 Å². The normalized spacial score (nSPS) is 13.4. The van der Waals surface area contributed by atoms with E-state index in [4.69, 9.17) is 25.3 Å². The largest absolute Gasteiger partial charge is 2.00 e. The average Bonchev–Trinajstić information content (AvgIpc) is 2.27. The Hall–Kier alpha value is -0.761. The van der Waals surface area contributed by atoms with E-state index in [0.717, 1.165) is 0 Å². The van der Waals surface area contributed by atoms with Crippen LogP contribution < -0.4 is 10.9 Å². The van der Waals surface area contributed by atoms with Crippen molar-refractivity contribution in [2.24, 2.45) is 20.2 Å². The van der Waals surface area contributed by atoms with Gasteiger partial charge in [-0.2, -0.15) is 10.2 Å². The van der Waals surface area contributed by atoms with Gasteiger partial charge in [-0.15, -0.1) is 0 Å². The maximum absolute atomic E-state index is 4.88. The smallest absolute Gasteiger partial charge is 0.741 e. The molecule has 2 N–H and O–H groups in total. The second-order valence-corrected chi connectivity index (χ2v) is 3.57. The molecule has 0 aliphatic rings. The summed E-state index contributed by atoms with van der Waals surface area (Å²) in [4.78, 5) is 7.88. The molecule has 0 saturated carbocycles. The van der Waals surface area contributed by atoms with Crippen LogP contribution in [0, 0.1) is 0 Å². The van der Waals surface area contributed by atoms with E-state index in [9.17, 15) is 0 Å². The Bertz CT molecular complexity index is 340. The van der Waals surface area contributed by atoms with Crippen LogP contribution in [0.4, 0.5) is 0 Å². The summed E-state index contributed by atoms with van der Waals surface area (Å²) < 4.78 is 0. The number of nitrogens with one attached hydrogen (secondary N) is 2. The predicted molar refractivity (Wildman–Crippen MR) is 78.6 cm³/mol. The standard InChI is InChI=1S/C9H18N6S2.Cu/c1-4-10-8(16)14-12-6-7(3)13-15-9(17)11-5-2;/h6H,4-5H2,1-3H3,(H2,10,14,16)(H2,11,15,17);/q;+2/p-2/b12-6-,13-7-;. The molecule has 0 rings (SSSR count). The van der Waals surface area contributed by atoms with Crippen LogP contribution in [0.5, 0.6) is 0 Å². The molecule has 0 atom stereocenters. The monoisotopic (exact) mass is 335 g/mol. The van der Waals surface area contributed by atoms with E-state index in [1.165, 1.54) is 6.21 Å². The minimum Gasteiger partial charge on any atom is -0.741 e. The van der Waals surface area contributed by atoms with Gasteiger partial charge in [0.15, 0.2) is 0 Å². The van der Waals surface area contributed by atoms with E-state index in [1.807, 2.05) is 13.8 Å². The number of rotatable bonds is 5. The van der Waals surface area contributed by atoms with Crippen molar-refractivity contribution in [2.75, 3.05) is 13.1 Å². The average molecular weight is 336 g/mol. The van der Waals surface area contributed by atoms with Crippen molar-refractivity contribution in [3.8, 4) is 0 Å². The Morgan fingerprint density at radius 2 is 1.56 bits per heavy atom. The van der Waals surface area contributed by atoms with E-state index in [1.54, 1.807) is 6.92 Å². The van der Waals surface area contributed by atoms with Gasteiger partial charge in [-0.1, -0.05) is 0 Å². The fourth-order valence-corrected chi connectivity index (χ4v) is 1.06. The summed E-state index contributed by atoms with van der Waals surface area (Å²) in [7, 11) is 0. The minimum atomic E-state index is 0. The molecule has 0 saturated heterocycles. The topological polar surface area (TPSA) is 73.5 Å². The van der Waals surface area contributed by atoms with E-state index >= 15 is 0 Å². The number of hydrazone groups is 2. The molecule has 105 valence electrons. The van der Waals surface area contributed by atoms with Crippen molar-refractivity contribution in [1.82, 2.24) is 10.9 Å². The molecule has 0 aromatic rings. The first kappa shape index (κ1) is 19.6. The van der Waals surface area contributed by atoms with Crippen LogP contribution in [0.25, 0.3) is 0 Å². The summed E-state index contributed by atoms with van der Waals surface area (Å²) >= 11 is 9.74. The minimum absolute atomic E-state index is 0. The number of nitrogens with zero attached hydrogens (tertiary/aromatic N) is 4. The summed E-state index contributed by atoms with van der Waals surface area (Å²) in [6.45, 7) is 6.82. The van der Waals surface area contributed by atoms with Crippen molar-refractivity contribution in [1.29, 1.82) is 0 Å². The zero-order valence-corrected chi connectivity index (χ0v) is 13.0. The van der Waals surface area contributed by atoms with Gasteiger partial charge in [-0.3, -0.25) is 20.8 Å². The molecule has 0 heterocycles. The molecule has 0 aliphatic heterocycles. The van der Waals surface area contributed by atoms with Crippen LogP contribution in [-0.2, 0) is 42.3 Å². The Morgan fingerprint density at radius 1 is 1.06 bits per heavy atom. The number of aliphatic imine (C=N–C) groups is 2. The summed E-state index contributed by atoms with van der Waals surface area (Å²) in [6.07, 6.45) is 1.51. The fraction of sp³-hybridized carbons (Fsp3) is 0.556. The van der Waals surface area contributed by atoms with Crippen LogP contribution in [0.15, 0.2) is 20.2 Å². The molecule has 1 radical (unpaired) electrons. The van der Waals surface area contributed by atoms with E-state index in [2.05, 4.69) is 31.0 Å². The molecule has 0 aliphatic carbocycles. The third-order valence-electron chi connectivity index (χ3n) is 1.34. The zero-order chi connectivity index (χ0) is 13.1. The number of amidine groups is 2. The predicted octanol–water partition coefficient (Wildman–Crippen LogP) is 0.370. The van der Waals surface area contributed by atoms with Gasteiger partial charge >= 0.3 is 17.1 Å². The van der Waals surface area contributed by atoms with Crippen molar-refractivity contribution >= 4 is 47.5 Å². The first-order valence-corrected chi connectivity index (χ1v) is 5.94. The fourth-order valence-electron chi connectivity index (χ4n) is 0.704. The first-order valence-electron chi connectivity index (χ1n) is 5.12. The third-order valence-corrected chi connectivity index (χ3v) is 1.78. The molecule has 0 spiro atoms. The molecule has 0 aromatic carbocycles. The van der Waals surface area contributed by atoms with E-state index in [0.29, 0.717) is 29.1 Å². The quantitative estimate of drug-likeness (QED) is 0.250. The Morgan fingerprint density at radius 3 is 2.06 bits per heavy atom. The SMILES string of the molecule is CCN=C([S-])N/N=C\C(C)=N/NC([S-])=NCC.[Cu+2]. The Kier molecular flexibility index (Phi) is 13.8. The van der Waals surface area contributed by atoms with Crippen molar-refractivity contribution in [2.45, 2.75) is 20.8 Å². The van der Waals surface area contributed by atoms with E-state index in [-0.39, 0.29) is 17.1 Å². The van der Waals surface area contributed by atoms with Crippen LogP contribution in [0.1, 0.15) is 20.8 Å². The van der Waals surface area contributed by atoms with Crippen LogP contribution in [-0.4, -0.2) is 35.4 Å². The van der Waals surface area contributed by atoms with Gasteiger partial charge in [0.25, 0.3) is 0 Å². The second-order valence-electron chi connectivity index (χ2n) is 2.79. The Labute approximate surface area is 129 Å². The summed E-state index contributed by atoms with van der Waals surface area (Å²) in [5, 5.41) is 8.51. The summed E-state index contributed by atoms with van der Waals surface area (Å²) in [6, 6.07) is 0. The second kappa shape index (κ2) is 12.7. The maximum atomic E-state index is 4.88. The number of hydrogen-bond acceptors (Lipinski definition) is 6. The molecule has 0 fully saturated rings. The van der Waals surface area contributed by atoms with Crippen molar-refractivity contribution < 1.29 is 17.1 Å². The van der Waals surface area contributed by atoms with Crippen LogP contribution >= 0.6 is 0 Å². The van der Waals surface area contributed by atoms with Gasteiger partial charge < -0.3 is 25.3 Å². The van der Waals surface area contributed by atoms with Gasteiger partial charge in [-0.25, -0.2) is 0 Å². The first-order chi connectivity index (χ1) is 8.10. The molecule has 0 bridgehead atoms. The van der Waals surface area contributed by atoms with Gasteiger partial charge in [0.05, 0.1) is 11.9 Å². The van der Waals surface area contributed by atoms with Gasteiger partial charge in [0, 0.05) is 13.1 Å². The maximum Gasteiger partial charge on any atom is 2.00 e. The van der Waals surface area contributed by atoms with Crippen molar-refractivity contribution in [3.05, 3.63) is 0 Å². The zero-order valence-electron chi connectivity index (χ0n) is 10.4. The van der Waals surface area contributed by atoms with Gasteiger partial charge in [0.1, 0.15) is 0 Å². The van der Waals surface area contributed by atoms with Gasteiger partial charge in [0.2, 0.25) is 0 Å². The summed E-state index contributed by atoms with van der Waals surface area (Å²) in [5.41, 5.74) is 5.86. The van der Waals surface area contributed by atoms with Crippen LogP contribution in [0.3, 0.4) is 0 Å². The Balaban J connectivity index is 0. The van der Waals surface area contributed by atoms with Crippen LogP contribution in [0.2, 0.25) is 0 Å². The third kappa shape index (κ3) is 11.7. The molecule has 0 amide bonds. The van der Waals surface area contributed by atoms with Gasteiger partial charge in [-0.05, 0) is 31.1 Å². The molecular formula is C9H16CuN6S2.